The van der Waals surface area contributed by atoms with Gasteiger partial charge in [-0.15, -0.1) is 0 Å². The van der Waals surface area contributed by atoms with Gasteiger partial charge in [0, 0.05) is 16.7 Å². The molecular weight excluding hydrogens is 566 g/mol. The first kappa shape index (κ1) is 24.2. The van der Waals surface area contributed by atoms with Crippen LogP contribution in [0.15, 0.2) is 45.6 Å². The Labute approximate surface area is 207 Å². The maximum absolute atomic E-state index is 13.2. The van der Waals surface area contributed by atoms with E-state index in [0.29, 0.717) is 26.8 Å². The van der Waals surface area contributed by atoms with Gasteiger partial charge in [-0.25, -0.2) is 14.5 Å². The zero-order chi connectivity index (χ0) is 23.4. The number of ether oxygens (including phenoxy) is 1. The second kappa shape index (κ2) is 10.5. The maximum Gasteiger partial charge on any atom is 0.411 e. The molecule has 0 fully saturated rings. The Bertz CT molecular complexity index is 1170. The predicted molar refractivity (Wildman–Crippen MR) is 131 cm³/mol. The van der Waals surface area contributed by atoms with Crippen molar-refractivity contribution in [1.82, 2.24) is 14.8 Å². The molecule has 0 aliphatic heterocycles. The van der Waals surface area contributed by atoms with E-state index in [-0.39, 0.29) is 18.2 Å². The zero-order valence-corrected chi connectivity index (χ0v) is 21.4. The molecule has 0 spiro atoms. The number of hydrogen-bond donors (Lipinski definition) is 2. The molecule has 0 bridgehead atoms. The standard InChI is InChI=1S/C21H20Br2ClN5O3/c1-11(2)10-32-21(31)26-15-8-13(22)7-12(3)18(15)27-20(30)16-9-17(23)28-29(16)19-14(24)5-4-6-25-19/h4-9,11H,10H2,1-3H3,(H,26,31)(H,27,30). The van der Waals surface area contributed by atoms with Crippen molar-refractivity contribution in [3.63, 3.8) is 0 Å². The van der Waals surface area contributed by atoms with Crippen LogP contribution in [0.25, 0.3) is 5.82 Å². The number of anilines is 2. The Balaban J connectivity index is 1.92. The van der Waals surface area contributed by atoms with Crippen LogP contribution in [0.4, 0.5) is 16.2 Å². The summed E-state index contributed by atoms with van der Waals surface area (Å²) in [5, 5.41) is 10.2. The van der Waals surface area contributed by atoms with E-state index in [0.717, 1.165) is 10.0 Å². The molecule has 2 N–H and O–H groups in total. The van der Waals surface area contributed by atoms with Crippen molar-refractivity contribution in [3.8, 4) is 5.82 Å². The van der Waals surface area contributed by atoms with Crippen molar-refractivity contribution in [3.05, 3.63) is 61.9 Å². The molecule has 0 aliphatic carbocycles. The number of aryl methyl sites for hydroxylation is 1. The lowest BCUT2D eigenvalue weighted by Crippen LogP contribution is -2.21. The minimum Gasteiger partial charge on any atom is -0.449 e. The molecule has 0 radical (unpaired) electrons. The van der Waals surface area contributed by atoms with Gasteiger partial charge in [-0.3, -0.25) is 10.1 Å². The number of nitrogens with zero attached hydrogens (tertiary/aromatic N) is 3. The van der Waals surface area contributed by atoms with E-state index in [2.05, 4.69) is 52.6 Å². The minimum absolute atomic E-state index is 0.196. The number of carbonyl (C=O) groups excluding carboxylic acids is 2. The van der Waals surface area contributed by atoms with Crippen LogP contribution in [0.3, 0.4) is 0 Å². The lowest BCUT2D eigenvalue weighted by Gasteiger charge is -2.16. The third-order valence-electron chi connectivity index (χ3n) is 4.18. The molecule has 0 atom stereocenters. The Morgan fingerprint density at radius 1 is 1.22 bits per heavy atom. The Hall–Kier alpha value is -2.43. The van der Waals surface area contributed by atoms with Crippen molar-refractivity contribution in [1.29, 1.82) is 0 Å². The summed E-state index contributed by atoms with van der Waals surface area (Å²) in [7, 11) is 0. The molecule has 2 aromatic heterocycles. The van der Waals surface area contributed by atoms with E-state index in [9.17, 15) is 9.59 Å². The van der Waals surface area contributed by atoms with Gasteiger partial charge in [0.25, 0.3) is 5.91 Å². The molecule has 2 heterocycles. The van der Waals surface area contributed by atoms with E-state index in [4.69, 9.17) is 16.3 Å². The largest absolute Gasteiger partial charge is 0.449 e. The molecule has 0 saturated carbocycles. The van der Waals surface area contributed by atoms with Crippen LogP contribution < -0.4 is 10.6 Å². The van der Waals surface area contributed by atoms with Gasteiger partial charge in [0.1, 0.15) is 10.3 Å². The average molecular weight is 586 g/mol. The van der Waals surface area contributed by atoms with Crippen LogP contribution >= 0.6 is 43.5 Å². The molecule has 32 heavy (non-hydrogen) atoms. The van der Waals surface area contributed by atoms with Crippen molar-refractivity contribution in [2.75, 3.05) is 17.2 Å². The summed E-state index contributed by atoms with van der Waals surface area (Å²) < 4.78 is 7.72. The number of pyridine rings is 1. The second-order valence-corrected chi connectivity index (χ2v) is 9.42. The van der Waals surface area contributed by atoms with Gasteiger partial charge in [-0.1, -0.05) is 41.4 Å². The number of halogens is 3. The number of benzene rings is 1. The summed E-state index contributed by atoms with van der Waals surface area (Å²) in [4.78, 5) is 29.6. The van der Waals surface area contributed by atoms with Gasteiger partial charge in [-0.2, -0.15) is 5.10 Å². The molecule has 0 aliphatic rings. The topological polar surface area (TPSA) is 98.1 Å². The summed E-state index contributed by atoms with van der Waals surface area (Å²) in [6, 6.07) is 8.40. The van der Waals surface area contributed by atoms with E-state index in [1.807, 2.05) is 26.8 Å². The second-order valence-electron chi connectivity index (χ2n) is 7.29. The van der Waals surface area contributed by atoms with Gasteiger partial charge in [0.15, 0.2) is 5.82 Å². The van der Waals surface area contributed by atoms with Gasteiger partial charge in [0.2, 0.25) is 0 Å². The van der Waals surface area contributed by atoms with Gasteiger partial charge in [0.05, 0.1) is 23.0 Å². The van der Waals surface area contributed by atoms with Crippen LogP contribution in [0, 0.1) is 12.8 Å². The highest BCUT2D eigenvalue weighted by Crippen LogP contribution is 2.31. The number of aromatic nitrogens is 3. The number of rotatable bonds is 6. The molecule has 0 saturated heterocycles. The van der Waals surface area contributed by atoms with Crippen LogP contribution in [-0.4, -0.2) is 33.4 Å². The van der Waals surface area contributed by atoms with Crippen LogP contribution in [0.1, 0.15) is 29.9 Å². The van der Waals surface area contributed by atoms with E-state index >= 15 is 0 Å². The molecular formula is C21H20Br2ClN5O3. The first-order valence-electron chi connectivity index (χ1n) is 9.57. The SMILES string of the molecule is Cc1cc(Br)cc(NC(=O)OCC(C)C)c1NC(=O)c1cc(Br)nn1-c1ncccc1Cl. The first-order valence-corrected chi connectivity index (χ1v) is 11.5. The summed E-state index contributed by atoms with van der Waals surface area (Å²) in [6.07, 6.45) is 0.946. The monoisotopic (exact) mass is 583 g/mol. The van der Waals surface area contributed by atoms with Gasteiger partial charge in [-0.05, 0) is 58.6 Å². The van der Waals surface area contributed by atoms with Crippen molar-refractivity contribution >= 4 is 66.8 Å². The Kier molecular flexibility index (Phi) is 7.91. The highest BCUT2D eigenvalue weighted by Gasteiger charge is 2.21. The third kappa shape index (κ3) is 5.87. The van der Waals surface area contributed by atoms with E-state index in [1.54, 1.807) is 30.5 Å². The summed E-state index contributed by atoms with van der Waals surface area (Å²) in [5.74, 6) is 0.0448. The maximum atomic E-state index is 13.2. The molecule has 0 unspecified atom stereocenters. The molecule has 3 rings (SSSR count). The molecule has 168 valence electrons. The van der Waals surface area contributed by atoms with Gasteiger partial charge < -0.3 is 10.1 Å². The van der Waals surface area contributed by atoms with E-state index < -0.39 is 12.0 Å². The van der Waals surface area contributed by atoms with Crippen LogP contribution in [0.2, 0.25) is 5.02 Å². The summed E-state index contributed by atoms with van der Waals surface area (Å²) in [6.45, 7) is 5.97. The third-order valence-corrected chi connectivity index (χ3v) is 5.32. The number of amides is 2. The summed E-state index contributed by atoms with van der Waals surface area (Å²) >= 11 is 13.0. The van der Waals surface area contributed by atoms with Crippen LogP contribution in [-0.2, 0) is 4.74 Å². The van der Waals surface area contributed by atoms with Crippen molar-refractivity contribution in [2.24, 2.45) is 5.92 Å². The lowest BCUT2D eigenvalue weighted by atomic mass is 10.1. The molecule has 11 heteroatoms. The fourth-order valence-corrected chi connectivity index (χ4v) is 3.93. The first-order chi connectivity index (χ1) is 15.2. The smallest absolute Gasteiger partial charge is 0.411 e. The van der Waals surface area contributed by atoms with Gasteiger partial charge >= 0.3 is 6.09 Å². The highest BCUT2D eigenvalue weighted by atomic mass is 79.9. The molecule has 1 aromatic carbocycles. The molecule has 8 nitrogen and oxygen atoms in total. The Morgan fingerprint density at radius 3 is 2.66 bits per heavy atom. The fourth-order valence-electron chi connectivity index (χ4n) is 2.78. The van der Waals surface area contributed by atoms with E-state index in [1.165, 1.54) is 4.68 Å². The number of carbonyl (C=O) groups is 2. The molecule has 3 aromatic rings. The summed E-state index contributed by atoms with van der Waals surface area (Å²) in [5.41, 5.74) is 1.75. The quantitative estimate of drug-likeness (QED) is 0.359. The van der Waals surface area contributed by atoms with Crippen molar-refractivity contribution in [2.45, 2.75) is 20.8 Å². The average Bonchev–Trinajstić information content (AvgIpc) is 3.10. The lowest BCUT2D eigenvalue weighted by molar-refractivity contribution is 0.101. The van der Waals surface area contributed by atoms with Crippen LogP contribution in [0.5, 0.6) is 0 Å². The zero-order valence-electron chi connectivity index (χ0n) is 17.4. The number of nitrogens with one attached hydrogen (secondary N) is 2. The number of hydrogen-bond acceptors (Lipinski definition) is 5. The fraction of sp³-hybridized carbons (Fsp3) is 0.238. The van der Waals surface area contributed by atoms with Crippen molar-refractivity contribution < 1.29 is 14.3 Å². The minimum atomic E-state index is -0.611. The molecule has 2 amide bonds. The predicted octanol–water partition coefficient (Wildman–Crippen LogP) is 6.21. The highest BCUT2D eigenvalue weighted by molar-refractivity contribution is 9.10. The normalized spacial score (nSPS) is 10.8. The Morgan fingerprint density at radius 2 is 1.97 bits per heavy atom.